The number of phenolic OH excluding ortho intramolecular Hbond substituents is 1. The summed E-state index contributed by atoms with van der Waals surface area (Å²) < 4.78 is 23.4. The highest BCUT2D eigenvalue weighted by molar-refractivity contribution is 7.07. The molecule has 1 aromatic heterocycles. The number of esters is 1. The van der Waals surface area contributed by atoms with Gasteiger partial charge in [0.15, 0.2) is 34.4 Å². The fourth-order valence-electron chi connectivity index (χ4n) is 5.57. The topological polar surface area (TPSA) is 138 Å². The van der Waals surface area contributed by atoms with Gasteiger partial charge < -0.3 is 29.4 Å². The van der Waals surface area contributed by atoms with E-state index in [9.17, 15) is 19.5 Å². The van der Waals surface area contributed by atoms with Crippen LogP contribution in [-0.4, -0.2) is 49.5 Å². The number of thiazole rings is 1. The van der Waals surface area contributed by atoms with Crippen LogP contribution in [0.3, 0.4) is 0 Å². The van der Waals surface area contributed by atoms with Crippen LogP contribution in [0.5, 0.6) is 23.0 Å². The van der Waals surface area contributed by atoms with Gasteiger partial charge in [-0.05, 0) is 71.3 Å². The molecule has 0 saturated heterocycles. The standard InChI is InChI=1S/C36H30ClN3O8S/c1-19-31(35(44)47-4)32(23-16-25(37)33(42)28(17-23)46-3)40-34(43)29(49-36(40)38-19)14-20-9-12-26(27(13-20)45-2)48-18-30(41)39-24-11-10-21-7-5-6-8-22(21)15-24/h5-17,32,42H,18H2,1-4H3,(H,39,41)/b29-14+/t32-/m1/s1. The molecule has 2 heterocycles. The molecular formula is C36H30ClN3O8S. The van der Waals surface area contributed by atoms with Gasteiger partial charge in [-0.15, -0.1) is 0 Å². The molecule has 0 saturated carbocycles. The minimum atomic E-state index is -0.969. The third-order valence-electron chi connectivity index (χ3n) is 7.89. The molecule has 13 heteroatoms. The second kappa shape index (κ2) is 13.9. The lowest BCUT2D eigenvalue weighted by atomic mass is 9.95. The number of ether oxygens (including phenoxy) is 4. The first-order chi connectivity index (χ1) is 23.6. The molecule has 0 fully saturated rings. The summed E-state index contributed by atoms with van der Waals surface area (Å²) in [5, 5.41) is 15.2. The van der Waals surface area contributed by atoms with Crippen LogP contribution in [-0.2, 0) is 14.3 Å². The molecular weight excluding hydrogens is 670 g/mol. The zero-order chi connectivity index (χ0) is 34.8. The number of rotatable bonds is 9. The zero-order valence-electron chi connectivity index (χ0n) is 26.8. The summed E-state index contributed by atoms with van der Waals surface area (Å²) in [4.78, 5) is 44.6. The third kappa shape index (κ3) is 6.60. The van der Waals surface area contributed by atoms with Gasteiger partial charge in [0, 0.05) is 5.69 Å². The molecule has 11 nitrogen and oxygen atoms in total. The van der Waals surface area contributed by atoms with Gasteiger partial charge in [-0.1, -0.05) is 59.3 Å². The fraction of sp³-hybridized carbons (Fsp3) is 0.167. The van der Waals surface area contributed by atoms with Crippen molar-refractivity contribution in [2.45, 2.75) is 13.0 Å². The van der Waals surface area contributed by atoms with Gasteiger partial charge in [0.05, 0.1) is 48.2 Å². The van der Waals surface area contributed by atoms with Gasteiger partial charge in [-0.3, -0.25) is 14.2 Å². The first-order valence-corrected chi connectivity index (χ1v) is 16.1. The van der Waals surface area contributed by atoms with E-state index in [4.69, 9.17) is 30.5 Å². The summed E-state index contributed by atoms with van der Waals surface area (Å²) in [6, 6.07) is 20.6. The van der Waals surface area contributed by atoms with Crippen molar-refractivity contribution in [2.75, 3.05) is 33.3 Å². The number of fused-ring (bicyclic) bond motifs is 2. The second-order valence-electron chi connectivity index (χ2n) is 10.9. The first-order valence-electron chi connectivity index (χ1n) is 14.9. The minimum Gasteiger partial charge on any atom is -0.503 e. The van der Waals surface area contributed by atoms with Gasteiger partial charge in [-0.2, -0.15) is 0 Å². The quantitative estimate of drug-likeness (QED) is 0.206. The second-order valence-corrected chi connectivity index (χ2v) is 12.4. The maximum Gasteiger partial charge on any atom is 0.338 e. The van der Waals surface area contributed by atoms with Crippen LogP contribution in [0.25, 0.3) is 16.8 Å². The SMILES string of the molecule is COC(=O)C1=C(C)N=c2s/c(=C/c3ccc(OCC(=O)Nc4ccc5ccccc5c4)c(OC)c3)c(=O)n2[C@@H]1c1cc(Cl)c(O)c(OC)c1. The number of phenols is 1. The number of nitrogens with zero attached hydrogens (tertiary/aromatic N) is 2. The Bertz CT molecular complexity index is 2350. The normalized spacial score (nSPS) is 14.2. The number of aromatic hydroxyl groups is 1. The van der Waals surface area contributed by atoms with Gasteiger partial charge in [-0.25, -0.2) is 9.79 Å². The number of methoxy groups -OCH3 is 3. The summed E-state index contributed by atoms with van der Waals surface area (Å²) in [6.07, 6.45) is 1.67. The van der Waals surface area contributed by atoms with E-state index >= 15 is 0 Å². The highest BCUT2D eigenvalue weighted by atomic mass is 35.5. The monoisotopic (exact) mass is 699 g/mol. The van der Waals surface area contributed by atoms with Crippen molar-refractivity contribution in [1.29, 1.82) is 0 Å². The highest BCUT2D eigenvalue weighted by Crippen LogP contribution is 2.40. The Labute approximate surface area is 288 Å². The summed E-state index contributed by atoms with van der Waals surface area (Å²) in [5.74, 6) is -0.517. The summed E-state index contributed by atoms with van der Waals surface area (Å²) >= 11 is 7.44. The van der Waals surface area contributed by atoms with Crippen LogP contribution in [0.4, 0.5) is 5.69 Å². The van der Waals surface area contributed by atoms with Gasteiger partial charge >= 0.3 is 5.97 Å². The molecule has 49 heavy (non-hydrogen) atoms. The number of amides is 1. The minimum absolute atomic E-state index is 0.0177. The number of carbonyl (C=O) groups is 2. The molecule has 0 radical (unpaired) electrons. The van der Waals surface area contributed by atoms with E-state index < -0.39 is 17.6 Å². The molecule has 1 aliphatic rings. The summed E-state index contributed by atoms with van der Waals surface area (Å²) in [5.41, 5.74) is 1.76. The Hall–Kier alpha value is -5.59. The lowest BCUT2D eigenvalue weighted by molar-refractivity contribution is -0.136. The summed E-state index contributed by atoms with van der Waals surface area (Å²) in [7, 11) is 4.09. The first kappa shape index (κ1) is 33.3. The maximum absolute atomic E-state index is 14.0. The van der Waals surface area contributed by atoms with Gasteiger partial charge in [0.1, 0.15) is 0 Å². The van der Waals surface area contributed by atoms with Crippen LogP contribution in [0.15, 0.2) is 93.9 Å². The molecule has 1 amide bonds. The number of aromatic nitrogens is 1. The van der Waals surface area contributed by atoms with Crippen molar-refractivity contribution >= 4 is 57.4 Å². The number of allylic oxidation sites excluding steroid dienone is 1. The lowest BCUT2D eigenvalue weighted by Crippen LogP contribution is -2.39. The molecule has 2 N–H and O–H groups in total. The fourth-order valence-corrected chi connectivity index (χ4v) is 6.83. The predicted molar refractivity (Wildman–Crippen MR) is 187 cm³/mol. The number of benzene rings is 4. The number of halogens is 1. The summed E-state index contributed by atoms with van der Waals surface area (Å²) in [6.45, 7) is 1.40. The van der Waals surface area contributed by atoms with Crippen LogP contribution >= 0.6 is 22.9 Å². The van der Waals surface area contributed by atoms with E-state index in [0.717, 1.165) is 22.1 Å². The van der Waals surface area contributed by atoms with Crippen LogP contribution in [0.1, 0.15) is 24.1 Å². The average molecular weight is 700 g/mol. The number of hydrogen-bond donors (Lipinski definition) is 2. The van der Waals surface area contributed by atoms with Gasteiger partial charge in [0.25, 0.3) is 11.5 Å². The number of anilines is 1. The Morgan fingerprint density at radius 3 is 2.47 bits per heavy atom. The third-order valence-corrected chi connectivity index (χ3v) is 9.16. The van der Waals surface area contributed by atoms with E-state index in [1.807, 2.05) is 42.5 Å². The zero-order valence-corrected chi connectivity index (χ0v) is 28.3. The van der Waals surface area contributed by atoms with E-state index in [0.29, 0.717) is 43.3 Å². The molecule has 4 aromatic carbocycles. The molecule has 0 unspecified atom stereocenters. The smallest absolute Gasteiger partial charge is 0.338 e. The Morgan fingerprint density at radius 2 is 1.73 bits per heavy atom. The highest BCUT2D eigenvalue weighted by Gasteiger charge is 2.34. The largest absolute Gasteiger partial charge is 0.503 e. The Balaban J connectivity index is 1.29. The van der Waals surface area contributed by atoms with E-state index in [1.54, 1.807) is 31.2 Å². The molecule has 0 bridgehead atoms. The predicted octanol–water partition coefficient (Wildman–Crippen LogP) is 4.96. The van der Waals surface area contributed by atoms with Crippen molar-refractivity contribution < 1.29 is 33.6 Å². The Morgan fingerprint density at radius 1 is 0.980 bits per heavy atom. The van der Waals surface area contributed by atoms with Crippen LogP contribution < -0.4 is 34.4 Å². The molecule has 250 valence electrons. The van der Waals surface area contributed by atoms with Crippen molar-refractivity contribution in [3.63, 3.8) is 0 Å². The van der Waals surface area contributed by atoms with Crippen LogP contribution in [0, 0.1) is 0 Å². The van der Waals surface area contributed by atoms with Crippen molar-refractivity contribution in [2.24, 2.45) is 4.99 Å². The van der Waals surface area contributed by atoms with E-state index in [2.05, 4.69) is 10.3 Å². The molecule has 0 aliphatic carbocycles. The van der Waals surface area contributed by atoms with E-state index in [1.165, 1.54) is 38.0 Å². The number of carbonyl (C=O) groups excluding carboxylic acids is 2. The molecule has 5 aromatic rings. The van der Waals surface area contributed by atoms with Crippen LogP contribution in [0.2, 0.25) is 5.02 Å². The molecule has 1 aliphatic heterocycles. The van der Waals surface area contributed by atoms with Crippen molar-refractivity contribution in [1.82, 2.24) is 4.57 Å². The Kier molecular flexibility index (Phi) is 9.43. The number of nitrogens with one attached hydrogen (secondary N) is 1. The maximum atomic E-state index is 14.0. The molecule has 0 spiro atoms. The van der Waals surface area contributed by atoms with E-state index in [-0.39, 0.29) is 34.6 Å². The molecule has 1 atom stereocenters. The number of hydrogen-bond acceptors (Lipinski definition) is 10. The molecule has 6 rings (SSSR count). The van der Waals surface area contributed by atoms with Crippen molar-refractivity contribution in [3.05, 3.63) is 120 Å². The average Bonchev–Trinajstić information content (AvgIpc) is 3.40. The van der Waals surface area contributed by atoms with Gasteiger partial charge in [0.2, 0.25) is 0 Å². The van der Waals surface area contributed by atoms with Crippen molar-refractivity contribution in [3.8, 4) is 23.0 Å². The lowest BCUT2D eigenvalue weighted by Gasteiger charge is -2.25.